The molecule has 2 heteroatoms. The van der Waals surface area contributed by atoms with Crippen LogP contribution in [0.5, 0.6) is 0 Å². The molecule has 1 N–H and O–H groups in total. The molecule has 1 aliphatic carbocycles. The van der Waals surface area contributed by atoms with Gasteiger partial charge in [0.15, 0.2) is 0 Å². The first kappa shape index (κ1) is 11.9. The zero-order chi connectivity index (χ0) is 10.2. The second kappa shape index (κ2) is 7.20. The molecule has 0 radical (unpaired) electrons. The molecule has 1 nitrogen and oxygen atoms in total. The lowest BCUT2D eigenvalue weighted by Crippen LogP contribution is -2.12. The first-order chi connectivity index (χ1) is 6.83. The normalized spacial score (nSPS) is 19.4. The molecular weight excluding hydrogens is 192 g/mol. The summed E-state index contributed by atoms with van der Waals surface area (Å²) < 4.78 is 0. The van der Waals surface area contributed by atoms with Crippen LogP contribution >= 0.6 is 11.8 Å². The van der Waals surface area contributed by atoms with Gasteiger partial charge < -0.3 is 5.11 Å². The van der Waals surface area contributed by atoms with Gasteiger partial charge in [0.25, 0.3) is 0 Å². The SMILES string of the molecule is C#CCCCC(O)CSC1CCCC1. The van der Waals surface area contributed by atoms with Crippen molar-refractivity contribution in [1.82, 2.24) is 0 Å². The summed E-state index contributed by atoms with van der Waals surface area (Å²) in [6.07, 6.45) is 13.1. The van der Waals surface area contributed by atoms with Crippen LogP contribution in [-0.4, -0.2) is 22.2 Å². The maximum Gasteiger partial charge on any atom is 0.0631 e. The molecule has 1 saturated carbocycles. The van der Waals surface area contributed by atoms with Gasteiger partial charge >= 0.3 is 0 Å². The van der Waals surface area contributed by atoms with E-state index in [4.69, 9.17) is 6.42 Å². The molecule has 0 amide bonds. The molecule has 0 heterocycles. The number of aliphatic hydroxyl groups excluding tert-OH is 1. The van der Waals surface area contributed by atoms with Gasteiger partial charge in [0.2, 0.25) is 0 Å². The van der Waals surface area contributed by atoms with Crippen molar-refractivity contribution in [2.24, 2.45) is 0 Å². The Kier molecular flexibility index (Phi) is 6.14. The molecule has 0 saturated heterocycles. The average molecular weight is 212 g/mol. The smallest absolute Gasteiger partial charge is 0.0631 e. The summed E-state index contributed by atoms with van der Waals surface area (Å²) in [4.78, 5) is 0. The maximum absolute atomic E-state index is 9.65. The lowest BCUT2D eigenvalue weighted by atomic mass is 10.2. The number of thioether (sulfide) groups is 1. The highest BCUT2D eigenvalue weighted by Crippen LogP contribution is 2.30. The van der Waals surface area contributed by atoms with E-state index in [1.54, 1.807) is 0 Å². The molecule has 1 unspecified atom stereocenters. The fraction of sp³-hybridized carbons (Fsp3) is 0.833. The van der Waals surface area contributed by atoms with Gasteiger partial charge in [-0.1, -0.05) is 12.8 Å². The molecule has 0 bridgehead atoms. The predicted octanol–water partition coefficient (Wildman–Crippen LogP) is 2.83. The van der Waals surface area contributed by atoms with E-state index < -0.39 is 0 Å². The summed E-state index contributed by atoms with van der Waals surface area (Å²) in [5.41, 5.74) is 0. The van der Waals surface area contributed by atoms with E-state index in [1.807, 2.05) is 11.8 Å². The molecule has 0 spiro atoms. The third-order valence-corrected chi connectivity index (χ3v) is 4.21. The predicted molar refractivity (Wildman–Crippen MR) is 63.4 cm³/mol. The number of rotatable bonds is 6. The lowest BCUT2D eigenvalue weighted by molar-refractivity contribution is 0.186. The second-order valence-electron chi connectivity index (χ2n) is 3.99. The lowest BCUT2D eigenvalue weighted by Gasteiger charge is -2.12. The highest BCUT2D eigenvalue weighted by atomic mass is 32.2. The minimum Gasteiger partial charge on any atom is -0.392 e. The molecule has 0 aromatic carbocycles. The molecule has 14 heavy (non-hydrogen) atoms. The Labute approximate surface area is 91.7 Å². The summed E-state index contributed by atoms with van der Waals surface area (Å²) in [5.74, 6) is 3.50. The summed E-state index contributed by atoms with van der Waals surface area (Å²) in [5, 5.41) is 10.5. The van der Waals surface area contributed by atoms with Crippen LogP contribution < -0.4 is 0 Å². The van der Waals surface area contributed by atoms with E-state index in [2.05, 4.69) is 5.92 Å². The van der Waals surface area contributed by atoms with Crippen LogP contribution in [0.25, 0.3) is 0 Å². The van der Waals surface area contributed by atoms with Crippen molar-refractivity contribution in [2.75, 3.05) is 5.75 Å². The first-order valence-electron chi connectivity index (χ1n) is 5.56. The Morgan fingerprint density at radius 1 is 1.43 bits per heavy atom. The fourth-order valence-electron chi connectivity index (χ4n) is 1.83. The monoisotopic (exact) mass is 212 g/mol. The third-order valence-electron chi connectivity index (χ3n) is 2.68. The summed E-state index contributed by atoms with van der Waals surface area (Å²) in [6.45, 7) is 0. The van der Waals surface area contributed by atoms with Gasteiger partial charge in [-0.25, -0.2) is 0 Å². The molecule has 80 valence electrons. The van der Waals surface area contributed by atoms with E-state index in [0.29, 0.717) is 0 Å². The van der Waals surface area contributed by atoms with Crippen LogP contribution in [0.4, 0.5) is 0 Å². The minimum atomic E-state index is -0.144. The van der Waals surface area contributed by atoms with E-state index in [1.165, 1.54) is 25.7 Å². The summed E-state index contributed by atoms with van der Waals surface area (Å²) in [6, 6.07) is 0. The Balaban J connectivity index is 1.97. The fourth-order valence-corrected chi connectivity index (χ4v) is 3.15. The zero-order valence-electron chi connectivity index (χ0n) is 8.74. The van der Waals surface area contributed by atoms with Crippen molar-refractivity contribution >= 4 is 11.8 Å². The van der Waals surface area contributed by atoms with Crippen molar-refractivity contribution in [3.63, 3.8) is 0 Å². The van der Waals surface area contributed by atoms with E-state index in [9.17, 15) is 5.11 Å². The van der Waals surface area contributed by atoms with Gasteiger partial charge in [-0.2, -0.15) is 11.8 Å². The highest BCUT2D eigenvalue weighted by Gasteiger charge is 2.16. The van der Waals surface area contributed by atoms with Gasteiger partial charge in [-0.05, 0) is 25.7 Å². The van der Waals surface area contributed by atoms with Crippen LogP contribution in [0.1, 0.15) is 44.9 Å². The standard InChI is InChI=1S/C12H20OS/c1-2-3-4-7-11(13)10-14-12-8-5-6-9-12/h1,11-13H,3-10H2. The molecule has 1 fully saturated rings. The van der Waals surface area contributed by atoms with Crippen LogP contribution in [-0.2, 0) is 0 Å². The summed E-state index contributed by atoms with van der Waals surface area (Å²) in [7, 11) is 0. The van der Waals surface area contributed by atoms with Gasteiger partial charge in [0, 0.05) is 17.4 Å². The number of hydrogen-bond donors (Lipinski definition) is 1. The van der Waals surface area contributed by atoms with Crippen molar-refractivity contribution in [3.8, 4) is 12.3 Å². The Morgan fingerprint density at radius 3 is 2.79 bits per heavy atom. The van der Waals surface area contributed by atoms with Crippen LogP contribution in [0, 0.1) is 12.3 Å². The number of unbranched alkanes of at least 4 members (excludes halogenated alkanes) is 1. The average Bonchev–Trinajstić information content (AvgIpc) is 2.68. The van der Waals surface area contributed by atoms with Crippen LogP contribution in [0.3, 0.4) is 0 Å². The Bertz CT molecular complexity index is 179. The zero-order valence-corrected chi connectivity index (χ0v) is 9.56. The number of terminal acetylenes is 1. The van der Waals surface area contributed by atoms with Crippen molar-refractivity contribution in [2.45, 2.75) is 56.3 Å². The minimum absolute atomic E-state index is 0.144. The molecule has 0 aliphatic heterocycles. The van der Waals surface area contributed by atoms with Crippen molar-refractivity contribution < 1.29 is 5.11 Å². The quantitative estimate of drug-likeness (QED) is 0.539. The largest absolute Gasteiger partial charge is 0.392 e. The van der Waals surface area contributed by atoms with Crippen LogP contribution in [0.2, 0.25) is 0 Å². The number of hydrogen-bond acceptors (Lipinski definition) is 2. The highest BCUT2D eigenvalue weighted by molar-refractivity contribution is 7.99. The van der Waals surface area contributed by atoms with Crippen molar-refractivity contribution in [1.29, 1.82) is 0 Å². The first-order valence-corrected chi connectivity index (χ1v) is 6.61. The van der Waals surface area contributed by atoms with Gasteiger partial charge in [0.1, 0.15) is 0 Å². The Morgan fingerprint density at radius 2 is 2.14 bits per heavy atom. The van der Waals surface area contributed by atoms with E-state index in [-0.39, 0.29) is 6.10 Å². The van der Waals surface area contributed by atoms with Gasteiger partial charge in [-0.15, -0.1) is 12.3 Å². The summed E-state index contributed by atoms with van der Waals surface area (Å²) >= 11 is 1.95. The second-order valence-corrected chi connectivity index (χ2v) is 5.32. The Hall–Kier alpha value is -0.130. The van der Waals surface area contributed by atoms with Crippen molar-refractivity contribution in [3.05, 3.63) is 0 Å². The number of aliphatic hydroxyl groups is 1. The third kappa shape index (κ3) is 4.93. The molecule has 0 aromatic heterocycles. The molecule has 0 aromatic rings. The maximum atomic E-state index is 9.65. The molecular formula is C12H20OS. The van der Waals surface area contributed by atoms with Gasteiger partial charge in [-0.3, -0.25) is 0 Å². The van der Waals surface area contributed by atoms with E-state index >= 15 is 0 Å². The topological polar surface area (TPSA) is 20.2 Å². The van der Waals surface area contributed by atoms with Crippen LogP contribution in [0.15, 0.2) is 0 Å². The van der Waals surface area contributed by atoms with E-state index in [0.717, 1.165) is 30.3 Å². The molecule has 1 rings (SSSR count). The molecule has 1 aliphatic rings. The van der Waals surface area contributed by atoms with Gasteiger partial charge in [0.05, 0.1) is 6.10 Å². The molecule has 1 atom stereocenters.